The molecule has 4 atom stereocenters. The average molecular weight is 677 g/mol. The zero-order valence-electron chi connectivity index (χ0n) is 22.6. The highest BCUT2D eigenvalue weighted by Gasteiger charge is 2.57. The van der Waals surface area contributed by atoms with E-state index in [0.717, 1.165) is 16.1 Å². The molecule has 3 aliphatic carbocycles. The van der Waals surface area contributed by atoms with Gasteiger partial charge in [0.15, 0.2) is 17.4 Å². The number of carbonyl (C=O) groups excluding carboxylic acids is 4. The third-order valence-electron chi connectivity index (χ3n) is 8.59. The number of anilines is 1. The predicted molar refractivity (Wildman–Crippen MR) is 152 cm³/mol. The Balaban J connectivity index is 1.43. The summed E-state index contributed by atoms with van der Waals surface area (Å²) in [5.74, 6) is -5.62. The number of phenols is 1. The van der Waals surface area contributed by atoms with E-state index in [9.17, 15) is 37.5 Å². The van der Waals surface area contributed by atoms with Crippen LogP contribution in [0.5, 0.6) is 5.75 Å². The van der Waals surface area contributed by atoms with Gasteiger partial charge in [0.25, 0.3) is 11.8 Å². The van der Waals surface area contributed by atoms with Crippen molar-refractivity contribution in [2.75, 3.05) is 12.1 Å². The highest BCUT2D eigenvalue weighted by Crippen LogP contribution is 2.55. The molecule has 43 heavy (non-hydrogen) atoms. The summed E-state index contributed by atoms with van der Waals surface area (Å²) in [5.41, 5.74) is 1.15. The number of imide groups is 1. The van der Waals surface area contributed by atoms with Gasteiger partial charge in [0.2, 0.25) is 0 Å². The summed E-state index contributed by atoms with van der Waals surface area (Å²) >= 11 is 9.35. The van der Waals surface area contributed by atoms with Gasteiger partial charge < -0.3 is 5.11 Å². The smallest absolute Gasteiger partial charge is 0.433 e. The fraction of sp³-hybridized carbons (Fsp3) is 0.300. The van der Waals surface area contributed by atoms with Crippen LogP contribution in [0.2, 0.25) is 5.02 Å². The standard InChI is InChI=1S/C30H22BrClF3N3O5/c1-12-9-13(3-7-20(12)39)23-14-4-5-15-24(16(14)10-17-25(23)21(40)11-18(31)26(17)41)29(43)38(28(15)42)37(2)27-19(32)6-8-22(36-27)30(33,34)35/h3-4,6-9,11,15-16,23-24,39H,5,10H2,1-2H3. The normalized spacial score (nSPS) is 25.3. The molecule has 1 N–H and O–H groups in total. The molecule has 2 heterocycles. The first-order valence-electron chi connectivity index (χ1n) is 13.2. The zero-order chi connectivity index (χ0) is 31.1. The van der Waals surface area contributed by atoms with E-state index >= 15 is 0 Å². The summed E-state index contributed by atoms with van der Waals surface area (Å²) in [7, 11) is 1.24. The number of halogens is 5. The number of hydrazine groups is 1. The van der Waals surface area contributed by atoms with Crippen molar-refractivity contribution in [1.82, 2.24) is 9.99 Å². The van der Waals surface area contributed by atoms with Crippen molar-refractivity contribution >= 4 is 56.7 Å². The molecule has 2 amide bonds. The van der Waals surface area contributed by atoms with Gasteiger partial charge in [-0.05, 0) is 70.9 Å². The molecule has 222 valence electrons. The maximum Gasteiger partial charge on any atom is 0.433 e. The van der Waals surface area contributed by atoms with Crippen LogP contribution in [0.25, 0.3) is 0 Å². The summed E-state index contributed by atoms with van der Waals surface area (Å²) in [6.07, 6.45) is -1.60. The largest absolute Gasteiger partial charge is 0.508 e. The van der Waals surface area contributed by atoms with Crippen LogP contribution < -0.4 is 5.01 Å². The Kier molecular flexibility index (Phi) is 6.92. The molecular formula is C30H22BrClF3N3O5. The monoisotopic (exact) mass is 675 g/mol. The number of ketones is 2. The third-order valence-corrected chi connectivity index (χ3v) is 9.47. The number of Topliss-reactive ketones (excluding diaryl/α,β-unsaturated/α-hetero) is 1. The van der Waals surface area contributed by atoms with Gasteiger partial charge in [0, 0.05) is 30.2 Å². The topological polar surface area (TPSA) is 108 Å². The number of benzene rings is 1. The first-order valence-corrected chi connectivity index (χ1v) is 14.4. The summed E-state index contributed by atoms with van der Waals surface area (Å²) < 4.78 is 40.3. The molecule has 1 aliphatic heterocycles. The van der Waals surface area contributed by atoms with Gasteiger partial charge in [-0.1, -0.05) is 35.4 Å². The molecule has 1 saturated heterocycles. The van der Waals surface area contributed by atoms with Crippen LogP contribution in [0.3, 0.4) is 0 Å². The number of aryl methyl sites for hydroxylation is 1. The quantitative estimate of drug-likeness (QED) is 0.257. The van der Waals surface area contributed by atoms with E-state index in [1.54, 1.807) is 19.1 Å². The number of allylic oxidation sites excluding steroid dienone is 6. The molecular weight excluding hydrogens is 655 g/mol. The number of nitrogens with zero attached hydrogens (tertiary/aromatic N) is 3. The van der Waals surface area contributed by atoms with Gasteiger partial charge in [-0.25, -0.2) is 4.98 Å². The molecule has 8 nitrogen and oxygen atoms in total. The van der Waals surface area contributed by atoms with Crippen LogP contribution >= 0.6 is 27.5 Å². The minimum Gasteiger partial charge on any atom is -0.508 e. The zero-order valence-corrected chi connectivity index (χ0v) is 24.9. The van der Waals surface area contributed by atoms with E-state index in [2.05, 4.69) is 20.9 Å². The Morgan fingerprint density at radius 1 is 1.09 bits per heavy atom. The third kappa shape index (κ3) is 4.53. The maximum absolute atomic E-state index is 14.0. The van der Waals surface area contributed by atoms with Crippen molar-refractivity contribution in [3.8, 4) is 5.75 Å². The summed E-state index contributed by atoms with van der Waals surface area (Å²) in [6.45, 7) is 1.70. The molecule has 1 aromatic heterocycles. The highest BCUT2D eigenvalue weighted by atomic mass is 79.9. The Morgan fingerprint density at radius 3 is 2.49 bits per heavy atom. The lowest BCUT2D eigenvalue weighted by molar-refractivity contribution is -0.141. The maximum atomic E-state index is 14.0. The van der Waals surface area contributed by atoms with Gasteiger partial charge in [-0.2, -0.15) is 18.2 Å². The SMILES string of the molecule is Cc1cc(C2C3=CCC4C(=O)N(N(C)c5nc(C(F)(F)F)ccc5Cl)C(=O)C4C3CC3=C2C(=O)C=C(Br)C3=O)ccc1O. The molecule has 0 spiro atoms. The van der Waals surface area contributed by atoms with Crippen molar-refractivity contribution in [1.29, 1.82) is 0 Å². The molecule has 2 aromatic rings. The van der Waals surface area contributed by atoms with Crippen LogP contribution in [0.4, 0.5) is 19.0 Å². The van der Waals surface area contributed by atoms with E-state index in [4.69, 9.17) is 11.6 Å². The number of alkyl halides is 3. The number of rotatable bonds is 3. The minimum atomic E-state index is -4.78. The molecule has 6 rings (SSSR count). The second kappa shape index (κ2) is 10.2. The van der Waals surface area contributed by atoms with Crippen LogP contribution in [-0.2, 0) is 25.4 Å². The number of carbonyl (C=O) groups is 4. The Bertz CT molecular complexity index is 1750. The number of pyridine rings is 1. The average Bonchev–Trinajstić information content (AvgIpc) is 3.21. The van der Waals surface area contributed by atoms with E-state index in [-0.39, 0.29) is 45.0 Å². The van der Waals surface area contributed by atoms with Crippen LogP contribution in [0.1, 0.15) is 35.6 Å². The minimum absolute atomic E-state index is 0.0164. The highest BCUT2D eigenvalue weighted by molar-refractivity contribution is 9.12. The van der Waals surface area contributed by atoms with E-state index in [0.29, 0.717) is 22.8 Å². The molecule has 0 radical (unpaired) electrons. The number of phenolic OH excluding ortho intramolecular Hbond substituents is 1. The number of hydrogen-bond donors (Lipinski definition) is 1. The van der Waals surface area contributed by atoms with Crippen molar-refractivity contribution in [3.05, 3.63) is 85.5 Å². The summed E-state index contributed by atoms with van der Waals surface area (Å²) in [4.78, 5) is 58.0. The van der Waals surface area contributed by atoms with E-state index < -0.39 is 59.0 Å². The van der Waals surface area contributed by atoms with E-state index in [1.807, 2.05) is 6.08 Å². The van der Waals surface area contributed by atoms with E-state index in [1.165, 1.54) is 19.2 Å². The Hall–Kier alpha value is -3.77. The second-order valence-corrected chi connectivity index (χ2v) is 12.2. The molecule has 1 fully saturated rings. The lowest BCUT2D eigenvalue weighted by atomic mass is 9.59. The van der Waals surface area contributed by atoms with Gasteiger partial charge >= 0.3 is 6.18 Å². The summed E-state index contributed by atoms with van der Waals surface area (Å²) in [5, 5.41) is 11.7. The van der Waals surface area contributed by atoms with Crippen molar-refractivity contribution in [2.24, 2.45) is 17.8 Å². The first-order chi connectivity index (χ1) is 20.2. The van der Waals surface area contributed by atoms with Crippen LogP contribution in [-0.4, -0.2) is 45.5 Å². The van der Waals surface area contributed by atoms with Crippen LogP contribution in [0.15, 0.2) is 63.7 Å². The van der Waals surface area contributed by atoms with Gasteiger partial charge in [0.1, 0.15) is 11.4 Å². The van der Waals surface area contributed by atoms with Crippen LogP contribution in [0, 0.1) is 24.7 Å². The number of aromatic hydroxyl groups is 1. The molecule has 4 aliphatic rings. The Labute approximate surface area is 256 Å². The van der Waals surface area contributed by atoms with Gasteiger partial charge in [-0.3, -0.25) is 24.2 Å². The fourth-order valence-corrected chi connectivity index (χ4v) is 7.31. The van der Waals surface area contributed by atoms with Crippen molar-refractivity contribution < 1.29 is 37.5 Å². The number of amides is 2. The Morgan fingerprint density at radius 2 is 1.81 bits per heavy atom. The lowest BCUT2D eigenvalue weighted by Crippen LogP contribution is -2.46. The van der Waals surface area contributed by atoms with Gasteiger partial charge in [-0.15, -0.1) is 0 Å². The molecule has 1 aromatic carbocycles. The van der Waals surface area contributed by atoms with Crippen molar-refractivity contribution in [2.45, 2.75) is 31.9 Å². The molecule has 0 saturated carbocycles. The number of aromatic nitrogens is 1. The predicted octanol–water partition coefficient (Wildman–Crippen LogP) is 5.58. The van der Waals surface area contributed by atoms with Gasteiger partial charge in [0.05, 0.1) is 21.3 Å². The summed E-state index contributed by atoms with van der Waals surface area (Å²) in [6, 6.07) is 6.57. The second-order valence-electron chi connectivity index (χ2n) is 11.0. The first kappa shape index (κ1) is 29.3. The molecule has 4 unspecified atom stereocenters. The fourth-order valence-electron chi connectivity index (χ4n) is 6.63. The number of hydrogen-bond acceptors (Lipinski definition) is 7. The lowest BCUT2D eigenvalue weighted by Gasteiger charge is -2.42. The molecule has 0 bridgehead atoms. The molecule has 13 heteroatoms. The number of fused-ring (bicyclic) bond motifs is 3. The van der Waals surface area contributed by atoms with Crippen molar-refractivity contribution in [3.63, 3.8) is 0 Å².